The Kier molecular flexibility index (Phi) is 2.97. The summed E-state index contributed by atoms with van der Waals surface area (Å²) in [6.07, 6.45) is 1.65. The molecular weight excluding hydrogens is 208 g/mol. The number of anilines is 1. The molecule has 4 heteroatoms. The van der Waals surface area contributed by atoms with Gasteiger partial charge in [-0.1, -0.05) is 11.2 Å². The van der Waals surface area contributed by atoms with Crippen LogP contribution in [0.4, 0.5) is 5.69 Å². The van der Waals surface area contributed by atoms with Crippen LogP contribution in [0.2, 0.25) is 0 Å². The van der Waals surface area contributed by atoms with Crippen LogP contribution < -0.4 is 5.73 Å². The fourth-order valence-electron chi connectivity index (χ4n) is 1.23. The molecule has 0 bridgehead atoms. The standard InChI is InChI=1S/C11H12N2OS/c1-8-2-3-10(12)11(6-8)15-7-9-4-5-13-14-9/h2-6H,7,12H2,1H3. The second-order valence-corrected chi connectivity index (χ2v) is 4.33. The number of rotatable bonds is 3. The van der Waals surface area contributed by atoms with Crippen LogP contribution in [-0.2, 0) is 5.75 Å². The molecule has 1 aromatic heterocycles. The molecular formula is C11H12N2OS. The van der Waals surface area contributed by atoms with Gasteiger partial charge in [-0.15, -0.1) is 11.8 Å². The Morgan fingerprint density at radius 3 is 3.00 bits per heavy atom. The Labute approximate surface area is 92.6 Å². The van der Waals surface area contributed by atoms with Gasteiger partial charge >= 0.3 is 0 Å². The van der Waals surface area contributed by atoms with E-state index in [9.17, 15) is 0 Å². The predicted molar refractivity (Wildman–Crippen MR) is 61.7 cm³/mol. The molecule has 78 valence electrons. The largest absolute Gasteiger partial charge is 0.398 e. The van der Waals surface area contributed by atoms with Crippen molar-refractivity contribution in [3.63, 3.8) is 0 Å². The fourth-order valence-corrected chi connectivity index (χ4v) is 2.18. The molecule has 0 fully saturated rings. The minimum Gasteiger partial charge on any atom is -0.398 e. The first kappa shape index (κ1) is 10.1. The number of aromatic nitrogens is 1. The van der Waals surface area contributed by atoms with E-state index >= 15 is 0 Å². The van der Waals surface area contributed by atoms with E-state index in [2.05, 4.69) is 18.1 Å². The molecule has 0 radical (unpaired) electrons. The first-order valence-corrected chi connectivity index (χ1v) is 5.63. The first-order chi connectivity index (χ1) is 7.25. The van der Waals surface area contributed by atoms with E-state index in [1.807, 2.05) is 18.2 Å². The number of nitrogens with zero attached hydrogens (tertiary/aromatic N) is 1. The van der Waals surface area contributed by atoms with Crippen molar-refractivity contribution in [3.8, 4) is 0 Å². The third-order valence-electron chi connectivity index (χ3n) is 2.03. The van der Waals surface area contributed by atoms with Crippen LogP contribution in [0.25, 0.3) is 0 Å². The van der Waals surface area contributed by atoms with Gasteiger partial charge in [0.1, 0.15) is 5.76 Å². The topological polar surface area (TPSA) is 52.0 Å². The van der Waals surface area contributed by atoms with E-state index in [-0.39, 0.29) is 0 Å². The normalized spacial score (nSPS) is 10.5. The molecule has 3 nitrogen and oxygen atoms in total. The van der Waals surface area contributed by atoms with E-state index in [0.29, 0.717) is 0 Å². The van der Waals surface area contributed by atoms with E-state index < -0.39 is 0 Å². The average molecular weight is 220 g/mol. The lowest BCUT2D eigenvalue weighted by Crippen LogP contribution is -1.89. The van der Waals surface area contributed by atoms with Gasteiger partial charge in [-0.3, -0.25) is 0 Å². The van der Waals surface area contributed by atoms with Crippen LogP contribution in [0.15, 0.2) is 39.9 Å². The summed E-state index contributed by atoms with van der Waals surface area (Å²) in [7, 11) is 0. The van der Waals surface area contributed by atoms with Crippen LogP contribution in [0.5, 0.6) is 0 Å². The lowest BCUT2D eigenvalue weighted by Gasteiger charge is -2.04. The van der Waals surface area contributed by atoms with Gasteiger partial charge in [0, 0.05) is 16.6 Å². The maximum Gasteiger partial charge on any atom is 0.146 e. The van der Waals surface area contributed by atoms with Gasteiger partial charge in [-0.05, 0) is 24.6 Å². The molecule has 15 heavy (non-hydrogen) atoms. The van der Waals surface area contributed by atoms with Crippen LogP contribution in [-0.4, -0.2) is 5.16 Å². The monoisotopic (exact) mass is 220 g/mol. The smallest absolute Gasteiger partial charge is 0.146 e. The van der Waals surface area contributed by atoms with Crippen LogP contribution in [0.1, 0.15) is 11.3 Å². The Hall–Kier alpha value is -1.42. The molecule has 2 rings (SSSR count). The Morgan fingerprint density at radius 1 is 1.40 bits per heavy atom. The third kappa shape index (κ3) is 2.53. The predicted octanol–water partition coefficient (Wildman–Crippen LogP) is 2.86. The highest BCUT2D eigenvalue weighted by atomic mass is 32.2. The van der Waals surface area contributed by atoms with Crippen LogP contribution >= 0.6 is 11.8 Å². The molecule has 1 aromatic carbocycles. The minimum atomic E-state index is 0.758. The molecule has 2 N–H and O–H groups in total. The van der Waals surface area contributed by atoms with Crippen molar-refractivity contribution in [1.82, 2.24) is 5.16 Å². The number of thioether (sulfide) groups is 1. The molecule has 0 unspecified atom stereocenters. The summed E-state index contributed by atoms with van der Waals surface area (Å²) < 4.78 is 5.01. The van der Waals surface area contributed by atoms with Gasteiger partial charge in [0.05, 0.1) is 11.9 Å². The zero-order valence-electron chi connectivity index (χ0n) is 8.43. The van der Waals surface area contributed by atoms with E-state index in [1.165, 1.54) is 5.56 Å². The van der Waals surface area contributed by atoms with Crippen LogP contribution in [0, 0.1) is 6.92 Å². The Morgan fingerprint density at radius 2 is 2.27 bits per heavy atom. The number of benzene rings is 1. The maximum absolute atomic E-state index is 5.86. The van der Waals surface area contributed by atoms with Crippen LogP contribution in [0.3, 0.4) is 0 Å². The first-order valence-electron chi connectivity index (χ1n) is 4.64. The summed E-state index contributed by atoms with van der Waals surface area (Å²) >= 11 is 1.66. The fraction of sp³-hybridized carbons (Fsp3) is 0.182. The summed E-state index contributed by atoms with van der Waals surface area (Å²) in [6, 6.07) is 7.88. The molecule has 0 aliphatic heterocycles. The van der Waals surface area contributed by atoms with Crippen molar-refractivity contribution in [2.75, 3.05) is 5.73 Å². The van der Waals surface area contributed by atoms with Gasteiger partial charge in [0.25, 0.3) is 0 Å². The zero-order valence-corrected chi connectivity index (χ0v) is 9.25. The molecule has 0 saturated carbocycles. The molecule has 0 aliphatic rings. The van der Waals surface area contributed by atoms with Gasteiger partial charge in [0.15, 0.2) is 0 Å². The minimum absolute atomic E-state index is 0.758. The second-order valence-electron chi connectivity index (χ2n) is 3.31. The molecule has 0 amide bonds. The summed E-state index contributed by atoms with van der Waals surface area (Å²) in [5, 5.41) is 3.65. The number of hydrogen-bond acceptors (Lipinski definition) is 4. The highest BCUT2D eigenvalue weighted by Crippen LogP contribution is 2.28. The van der Waals surface area contributed by atoms with Gasteiger partial charge in [-0.25, -0.2) is 0 Å². The highest BCUT2D eigenvalue weighted by molar-refractivity contribution is 7.98. The number of hydrogen-bond donors (Lipinski definition) is 1. The summed E-state index contributed by atoms with van der Waals surface area (Å²) in [5.41, 5.74) is 7.88. The third-order valence-corrected chi connectivity index (χ3v) is 3.12. The van der Waals surface area contributed by atoms with Crippen molar-refractivity contribution < 1.29 is 4.52 Å². The molecule has 0 spiro atoms. The van der Waals surface area contributed by atoms with Gasteiger partial charge < -0.3 is 10.3 Å². The van der Waals surface area contributed by atoms with Gasteiger partial charge in [-0.2, -0.15) is 0 Å². The lowest BCUT2D eigenvalue weighted by molar-refractivity contribution is 0.395. The average Bonchev–Trinajstić information content (AvgIpc) is 2.72. The summed E-state index contributed by atoms with van der Waals surface area (Å²) in [5.74, 6) is 1.62. The molecule has 2 aromatic rings. The van der Waals surface area contributed by atoms with E-state index in [4.69, 9.17) is 10.3 Å². The second kappa shape index (κ2) is 4.40. The zero-order chi connectivity index (χ0) is 10.7. The number of nitrogens with two attached hydrogens (primary N) is 1. The van der Waals surface area contributed by atoms with Crippen molar-refractivity contribution in [3.05, 3.63) is 41.8 Å². The summed E-state index contributed by atoms with van der Waals surface area (Å²) in [4.78, 5) is 1.09. The van der Waals surface area contributed by atoms with Crippen molar-refractivity contribution in [2.45, 2.75) is 17.6 Å². The Bertz CT molecular complexity index is 440. The quantitative estimate of drug-likeness (QED) is 0.638. The van der Waals surface area contributed by atoms with Crippen molar-refractivity contribution in [1.29, 1.82) is 0 Å². The SMILES string of the molecule is Cc1ccc(N)c(SCc2ccno2)c1. The summed E-state index contributed by atoms with van der Waals surface area (Å²) in [6.45, 7) is 2.05. The van der Waals surface area contributed by atoms with E-state index in [1.54, 1.807) is 18.0 Å². The van der Waals surface area contributed by atoms with Crippen molar-refractivity contribution >= 4 is 17.4 Å². The van der Waals surface area contributed by atoms with Gasteiger partial charge in [0.2, 0.25) is 0 Å². The lowest BCUT2D eigenvalue weighted by atomic mass is 10.2. The molecule has 0 atom stereocenters. The maximum atomic E-state index is 5.86. The molecule has 0 aliphatic carbocycles. The molecule has 1 heterocycles. The molecule has 0 saturated heterocycles. The van der Waals surface area contributed by atoms with E-state index in [0.717, 1.165) is 22.1 Å². The van der Waals surface area contributed by atoms with Crippen molar-refractivity contribution in [2.24, 2.45) is 0 Å². The number of nitrogen functional groups attached to an aromatic ring is 1. The Balaban J connectivity index is 2.07. The highest BCUT2D eigenvalue weighted by Gasteiger charge is 2.03. The number of aryl methyl sites for hydroxylation is 1.